The van der Waals surface area contributed by atoms with Gasteiger partial charge >= 0.3 is 0 Å². The summed E-state index contributed by atoms with van der Waals surface area (Å²) in [4.78, 5) is 20.1. The van der Waals surface area contributed by atoms with Crippen molar-refractivity contribution in [2.45, 2.75) is 26.2 Å². The zero-order valence-electron chi connectivity index (χ0n) is 16.6. The molecule has 8 heterocycles. The average Bonchev–Trinajstić information content (AvgIpc) is 2.71. The van der Waals surface area contributed by atoms with Crippen molar-refractivity contribution in [2.24, 2.45) is 0 Å². The van der Waals surface area contributed by atoms with E-state index in [2.05, 4.69) is 56.0 Å². The Balaban J connectivity index is 1.37. The summed E-state index contributed by atoms with van der Waals surface area (Å²) in [6.07, 6.45) is 0. The van der Waals surface area contributed by atoms with Crippen LogP contribution in [0.2, 0.25) is 0 Å². The van der Waals surface area contributed by atoms with E-state index in [0.717, 1.165) is 78.5 Å². The summed E-state index contributed by atoms with van der Waals surface area (Å²) in [7, 11) is 0. The fourth-order valence-corrected chi connectivity index (χ4v) is 4.54. The van der Waals surface area contributed by atoms with Gasteiger partial charge in [0.05, 0.1) is 22.8 Å². The number of pyridine rings is 2. The normalized spacial score (nSPS) is 30.6. The molecule has 0 aliphatic carbocycles. The second-order valence-corrected chi connectivity index (χ2v) is 8.35. The van der Waals surface area contributed by atoms with Crippen molar-refractivity contribution in [1.29, 1.82) is 0 Å². The van der Waals surface area contributed by atoms with Crippen molar-refractivity contribution in [3.8, 4) is 0 Å². The Kier molecular flexibility index (Phi) is 5.36. The Bertz CT molecular complexity index is 667. The largest absolute Gasteiger partial charge is 0.295 e. The second-order valence-electron chi connectivity index (χ2n) is 8.35. The van der Waals surface area contributed by atoms with E-state index in [0.29, 0.717) is 0 Å². The highest BCUT2D eigenvalue weighted by Gasteiger charge is 2.21. The van der Waals surface area contributed by atoms with Crippen LogP contribution in [0.25, 0.3) is 0 Å². The van der Waals surface area contributed by atoms with Gasteiger partial charge in [0.25, 0.3) is 0 Å². The molecule has 0 unspecified atom stereocenters. The molecule has 148 valence electrons. The summed E-state index contributed by atoms with van der Waals surface area (Å²) in [6.45, 7) is 12.7. The van der Waals surface area contributed by atoms with Gasteiger partial charge < -0.3 is 0 Å². The molecule has 0 N–H and O–H groups in total. The van der Waals surface area contributed by atoms with Gasteiger partial charge in [-0.25, -0.2) is 0 Å². The van der Waals surface area contributed by atoms with E-state index in [-0.39, 0.29) is 0 Å². The van der Waals surface area contributed by atoms with Crippen molar-refractivity contribution in [1.82, 2.24) is 29.6 Å². The molecule has 6 aliphatic heterocycles. The highest BCUT2D eigenvalue weighted by atomic mass is 15.3. The molecule has 2 saturated heterocycles. The van der Waals surface area contributed by atoms with Crippen LogP contribution in [0, 0.1) is 0 Å². The van der Waals surface area contributed by atoms with Gasteiger partial charge in [-0.15, -0.1) is 0 Å². The van der Waals surface area contributed by atoms with Crippen molar-refractivity contribution < 1.29 is 0 Å². The zero-order chi connectivity index (χ0) is 18.8. The maximum absolute atomic E-state index is 4.97. The quantitative estimate of drug-likeness (QED) is 0.691. The lowest BCUT2D eigenvalue weighted by Crippen LogP contribution is -2.46. The molecule has 8 rings (SSSR count). The van der Waals surface area contributed by atoms with Gasteiger partial charge in [0.15, 0.2) is 0 Å². The lowest BCUT2D eigenvalue weighted by Gasteiger charge is -2.35. The SMILES string of the molecule is c1cc2nc(c1)CN1CCN(CC1)Cc1cccc(n1)CN1CCN(CC1)C2. The minimum absolute atomic E-state index is 0.962. The van der Waals surface area contributed by atoms with Crippen LogP contribution in [0.3, 0.4) is 0 Å². The van der Waals surface area contributed by atoms with Crippen LogP contribution in [0.15, 0.2) is 36.4 Å². The van der Waals surface area contributed by atoms with Crippen LogP contribution < -0.4 is 0 Å². The Labute approximate surface area is 167 Å². The van der Waals surface area contributed by atoms with E-state index in [4.69, 9.17) is 9.97 Å². The van der Waals surface area contributed by atoms with Gasteiger partial charge in [-0.3, -0.25) is 29.6 Å². The molecule has 28 heavy (non-hydrogen) atoms. The molecule has 2 fully saturated rings. The minimum atomic E-state index is 0.962. The van der Waals surface area contributed by atoms with Crippen LogP contribution in [0.1, 0.15) is 22.8 Å². The van der Waals surface area contributed by atoms with Crippen LogP contribution >= 0.6 is 0 Å². The lowest BCUT2D eigenvalue weighted by atomic mass is 10.2. The summed E-state index contributed by atoms with van der Waals surface area (Å²) in [5.74, 6) is 0. The highest BCUT2D eigenvalue weighted by molar-refractivity contribution is 5.13. The number of piperazine rings is 2. The van der Waals surface area contributed by atoms with Gasteiger partial charge in [-0.05, 0) is 24.3 Å². The van der Waals surface area contributed by atoms with Crippen molar-refractivity contribution in [3.63, 3.8) is 0 Å². The molecular weight excluding hydrogens is 348 g/mol. The summed E-state index contributed by atoms with van der Waals surface area (Å²) < 4.78 is 0. The topological polar surface area (TPSA) is 38.7 Å². The van der Waals surface area contributed by atoms with Crippen molar-refractivity contribution >= 4 is 0 Å². The molecule has 0 amide bonds. The molecule has 0 spiro atoms. The highest BCUT2D eigenvalue weighted by Crippen LogP contribution is 2.14. The smallest absolute Gasteiger partial charge is 0.0547 e. The molecule has 0 aromatic carbocycles. The maximum Gasteiger partial charge on any atom is 0.0547 e. The molecule has 0 radical (unpaired) electrons. The first-order valence-electron chi connectivity index (χ1n) is 10.6. The predicted molar refractivity (Wildman–Crippen MR) is 110 cm³/mol. The number of hydrogen-bond acceptors (Lipinski definition) is 6. The molecular formula is C22H30N6. The summed E-state index contributed by atoms with van der Waals surface area (Å²) in [5.41, 5.74) is 4.83. The molecule has 0 saturated carbocycles. The predicted octanol–water partition coefficient (Wildman–Crippen LogP) is 1.43. The van der Waals surface area contributed by atoms with Crippen molar-refractivity contribution in [2.75, 3.05) is 52.4 Å². The molecule has 8 bridgehead atoms. The van der Waals surface area contributed by atoms with Crippen LogP contribution in [-0.4, -0.2) is 81.9 Å². The average molecular weight is 379 g/mol. The van der Waals surface area contributed by atoms with Gasteiger partial charge in [-0.1, -0.05) is 12.1 Å². The fraction of sp³-hybridized carbons (Fsp3) is 0.545. The maximum atomic E-state index is 4.97. The zero-order valence-corrected chi connectivity index (χ0v) is 16.6. The second kappa shape index (κ2) is 8.25. The monoisotopic (exact) mass is 378 g/mol. The van der Waals surface area contributed by atoms with E-state index in [1.807, 2.05) is 0 Å². The first kappa shape index (κ1) is 18.2. The molecule has 6 nitrogen and oxygen atoms in total. The Morgan fingerprint density at radius 2 is 0.679 bits per heavy atom. The minimum Gasteiger partial charge on any atom is -0.295 e. The van der Waals surface area contributed by atoms with Gasteiger partial charge in [-0.2, -0.15) is 0 Å². The fourth-order valence-electron chi connectivity index (χ4n) is 4.54. The third-order valence-corrected chi connectivity index (χ3v) is 6.20. The number of aromatic nitrogens is 2. The third kappa shape index (κ3) is 4.41. The standard InChI is InChI=1S/C22H30N6/c1-3-19-15-25-7-11-27(12-8-25)17-21-5-2-6-22(24-21)18-28-13-9-26(10-14-28)16-20(4-1)23-19/h1-6H,7-18H2. The van der Waals surface area contributed by atoms with Crippen LogP contribution in [0.5, 0.6) is 0 Å². The third-order valence-electron chi connectivity index (χ3n) is 6.20. The van der Waals surface area contributed by atoms with Crippen LogP contribution in [-0.2, 0) is 26.2 Å². The van der Waals surface area contributed by atoms with Gasteiger partial charge in [0.1, 0.15) is 0 Å². The van der Waals surface area contributed by atoms with E-state index in [9.17, 15) is 0 Å². The van der Waals surface area contributed by atoms with E-state index >= 15 is 0 Å². The van der Waals surface area contributed by atoms with Crippen molar-refractivity contribution in [3.05, 3.63) is 59.2 Å². The van der Waals surface area contributed by atoms with Gasteiger partial charge in [0.2, 0.25) is 0 Å². The number of rotatable bonds is 0. The lowest BCUT2D eigenvalue weighted by molar-refractivity contribution is 0.115. The summed E-state index contributed by atoms with van der Waals surface area (Å²) >= 11 is 0. The summed E-state index contributed by atoms with van der Waals surface area (Å²) in [5, 5.41) is 0. The van der Waals surface area contributed by atoms with E-state index in [1.165, 1.54) is 22.8 Å². The van der Waals surface area contributed by atoms with Crippen LogP contribution in [0.4, 0.5) is 0 Å². The molecule has 2 aromatic rings. The number of nitrogens with zero attached hydrogens (tertiary/aromatic N) is 6. The first-order chi connectivity index (χ1) is 13.8. The van der Waals surface area contributed by atoms with E-state index in [1.54, 1.807) is 0 Å². The molecule has 6 heteroatoms. The summed E-state index contributed by atoms with van der Waals surface area (Å²) in [6, 6.07) is 13.1. The molecule has 6 aliphatic rings. The Morgan fingerprint density at radius 3 is 0.929 bits per heavy atom. The van der Waals surface area contributed by atoms with E-state index < -0.39 is 0 Å². The molecule has 2 aromatic heterocycles. The first-order valence-corrected chi connectivity index (χ1v) is 10.6. The van der Waals surface area contributed by atoms with Gasteiger partial charge in [0, 0.05) is 78.5 Å². The number of hydrogen-bond donors (Lipinski definition) is 0. The molecule has 0 atom stereocenters. The Morgan fingerprint density at radius 1 is 0.429 bits per heavy atom. The Hall–Kier alpha value is -1.86.